The number of aryl methyl sites for hydroxylation is 2. The molecule has 1 atom stereocenters. The third-order valence-corrected chi connectivity index (χ3v) is 4.77. The minimum atomic E-state index is -0.908. The average Bonchev–Trinajstić information content (AvgIpc) is 3.08. The third-order valence-electron chi connectivity index (χ3n) is 4.77. The molecule has 1 unspecified atom stereocenters. The Morgan fingerprint density at radius 1 is 1.15 bits per heavy atom. The van der Waals surface area contributed by atoms with Crippen molar-refractivity contribution in [1.82, 2.24) is 15.1 Å². The summed E-state index contributed by atoms with van der Waals surface area (Å²) in [5.41, 5.74) is 1.94. The first-order valence-electron chi connectivity index (χ1n) is 8.97. The van der Waals surface area contributed by atoms with Crippen LogP contribution in [0.1, 0.15) is 17.7 Å². The summed E-state index contributed by atoms with van der Waals surface area (Å²) in [6.07, 6.45) is 2.94. The number of rotatable bonds is 8. The van der Waals surface area contributed by atoms with Crippen LogP contribution in [0.25, 0.3) is 10.8 Å². The number of benzene rings is 2. The quantitative estimate of drug-likeness (QED) is 0.643. The average molecular weight is 365 g/mol. The van der Waals surface area contributed by atoms with Crippen LogP contribution in [-0.4, -0.2) is 33.3 Å². The van der Waals surface area contributed by atoms with Crippen LogP contribution in [0.15, 0.2) is 54.7 Å². The molecular formula is C21H23N3O3. The van der Waals surface area contributed by atoms with Gasteiger partial charge in [0.1, 0.15) is 0 Å². The molecule has 1 aromatic heterocycles. The Balaban J connectivity index is 1.60. The Labute approximate surface area is 157 Å². The molecule has 2 N–H and O–H groups in total. The molecule has 27 heavy (non-hydrogen) atoms. The molecule has 6 nitrogen and oxygen atoms in total. The van der Waals surface area contributed by atoms with Crippen LogP contribution in [-0.2, 0) is 29.5 Å². The highest BCUT2D eigenvalue weighted by Crippen LogP contribution is 2.21. The number of hydrogen-bond acceptors (Lipinski definition) is 3. The molecule has 1 amide bonds. The molecule has 3 rings (SSSR count). The molecule has 0 saturated heterocycles. The number of aromatic nitrogens is 2. The molecule has 0 spiro atoms. The van der Waals surface area contributed by atoms with Gasteiger partial charge in [-0.3, -0.25) is 14.3 Å². The molecule has 0 aliphatic heterocycles. The number of aliphatic carboxylic acids is 1. The SMILES string of the molecule is Cn1nccc1CCC(=O)NCC(Cc1cccc2ccccc12)C(=O)O. The number of nitrogens with one attached hydrogen (secondary N) is 1. The summed E-state index contributed by atoms with van der Waals surface area (Å²) in [7, 11) is 1.83. The van der Waals surface area contributed by atoms with E-state index in [4.69, 9.17) is 0 Å². The van der Waals surface area contributed by atoms with E-state index in [0.717, 1.165) is 22.0 Å². The number of carbonyl (C=O) groups excluding carboxylic acids is 1. The Hall–Kier alpha value is -3.15. The molecule has 0 bridgehead atoms. The Morgan fingerprint density at radius 3 is 2.67 bits per heavy atom. The zero-order valence-electron chi connectivity index (χ0n) is 15.3. The largest absolute Gasteiger partial charge is 0.481 e. The van der Waals surface area contributed by atoms with Crippen LogP contribution in [0.2, 0.25) is 0 Å². The van der Waals surface area contributed by atoms with E-state index < -0.39 is 11.9 Å². The van der Waals surface area contributed by atoms with Gasteiger partial charge in [0.2, 0.25) is 5.91 Å². The molecule has 3 aromatic rings. The van der Waals surface area contributed by atoms with Crippen LogP contribution < -0.4 is 5.32 Å². The smallest absolute Gasteiger partial charge is 0.308 e. The Bertz CT molecular complexity index is 943. The topological polar surface area (TPSA) is 84.2 Å². The summed E-state index contributed by atoms with van der Waals surface area (Å²) >= 11 is 0. The van der Waals surface area contributed by atoms with Crippen molar-refractivity contribution < 1.29 is 14.7 Å². The van der Waals surface area contributed by atoms with Crippen LogP contribution >= 0.6 is 0 Å². The summed E-state index contributed by atoms with van der Waals surface area (Å²) in [5, 5.41) is 18.5. The normalized spacial score (nSPS) is 12.0. The van der Waals surface area contributed by atoms with Crippen molar-refractivity contribution in [2.45, 2.75) is 19.3 Å². The van der Waals surface area contributed by atoms with Crippen molar-refractivity contribution >= 4 is 22.6 Å². The number of hydrogen-bond donors (Lipinski definition) is 2. The van der Waals surface area contributed by atoms with Gasteiger partial charge in [-0.25, -0.2) is 0 Å². The van der Waals surface area contributed by atoms with Crippen molar-refractivity contribution in [2.24, 2.45) is 13.0 Å². The molecule has 140 valence electrons. The fraction of sp³-hybridized carbons (Fsp3) is 0.286. The second-order valence-electron chi connectivity index (χ2n) is 6.63. The fourth-order valence-corrected chi connectivity index (χ4v) is 3.20. The van der Waals surface area contributed by atoms with E-state index in [1.807, 2.05) is 55.6 Å². The Kier molecular flexibility index (Phi) is 5.86. The lowest BCUT2D eigenvalue weighted by Gasteiger charge is -2.15. The van der Waals surface area contributed by atoms with Gasteiger partial charge in [-0.1, -0.05) is 42.5 Å². The molecule has 0 aliphatic carbocycles. The number of nitrogens with zero attached hydrogens (tertiary/aromatic N) is 2. The number of carbonyl (C=O) groups is 2. The predicted molar refractivity (Wildman–Crippen MR) is 103 cm³/mol. The van der Waals surface area contributed by atoms with Gasteiger partial charge < -0.3 is 10.4 Å². The summed E-state index contributed by atoms with van der Waals surface area (Å²) in [4.78, 5) is 23.8. The minimum Gasteiger partial charge on any atom is -0.481 e. The molecule has 0 radical (unpaired) electrons. The molecule has 1 heterocycles. The molecule has 6 heteroatoms. The van der Waals surface area contributed by atoms with Crippen LogP contribution in [0.3, 0.4) is 0 Å². The second kappa shape index (κ2) is 8.49. The highest BCUT2D eigenvalue weighted by molar-refractivity contribution is 5.86. The third kappa shape index (κ3) is 4.73. The van der Waals surface area contributed by atoms with E-state index in [9.17, 15) is 14.7 Å². The van der Waals surface area contributed by atoms with Crippen LogP contribution in [0.5, 0.6) is 0 Å². The Morgan fingerprint density at radius 2 is 1.93 bits per heavy atom. The zero-order valence-corrected chi connectivity index (χ0v) is 15.3. The molecule has 2 aromatic carbocycles. The van der Waals surface area contributed by atoms with Gasteiger partial charge in [0, 0.05) is 31.9 Å². The first-order chi connectivity index (χ1) is 13.0. The summed E-state index contributed by atoms with van der Waals surface area (Å²) < 4.78 is 1.73. The van der Waals surface area contributed by atoms with Crippen molar-refractivity contribution in [3.05, 3.63) is 66.0 Å². The van der Waals surface area contributed by atoms with Crippen molar-refractivity contribution in [3.8, 4) is 0 Å². The van der Waals surface area contributed by atoms with Crippen molar-refractivity contribution in [1.29, 1.82) is 0 Å². The monoisotopic (exact) mass is 365 g/mol. The maximum absolute atomic E-state index is 12.1. The molecule has 0 saturated carbocycles. The number of carboxylic acid groups (broad SMARTS) is 1. The van der Waals surface area contributed by atoms with Gasteiger partial charge in [-0.15, -0.1) is 0 Å². The lowest BCUT2D eigenvalue weighted by Crippen LogP contribution is -2.34. The summed E-state index contributed by atoms with van der Waals surface area (Å²) in [5.74, 6) is -1.73. The molecule has 0 fully saturated rings. The van der Waals surface area contributed by atoms with Gasteiger partial charge in [-0.05, 0) is 35.2 Å². The summed E-state index contributed by atoms with van der Waals surface area (Å²) in [6, 6.07) is 15.7. The van der Waals surface area contributed by atoms with E-state index in [-0.39, 0.29) is 12.5 Å². The standard InChI is InChI=1S/C21H23N3O3/c1-24-18(11-12-23-24)9-10-20(25)22-14-17(21(26)27)13-16-7-4-6-15-5-2-3-8-19(15)16/h2-8,11-12,17H,9-10,13-14H2,1H3,(H,22,25)(H,26,27). The van der Waals surface area contributed by atoms with E-state index in [1.165, 1.54) is 0 Å². The lowest BCUT2D eigenvalue weighted by molar-refractivity contribution is -0.141. The van der Waals surface area contributed by atoms with Crippen LogP contribution in [0.4, 0.5) is 0 Å². The number of amides is 1. The first-order valence-corrected chi connectivity index (χ1v) is 8.97. The fourth-order valence-electron chi connectivity index (χ4n) is 3.20. The lowest BCUT2D eigenvalue weighted by atomic mass is 9.94. The van der Waals surface area contributed by atoms with Crippen molar-refractivity contribution in [3.63, 3.8) is 0 Å². The number of carboxylic acids is 1. The summed E-state index contributed by atoms with van der Waals surface area (Å²) in [6.45, 7) is 0.114. The van der Waals surface area contributed by atoms with E-state index in [1.54, 1.807) is 10.9 Å². The molecule has 0 aliphatic rings. The maximum atomic E-state index is 12.1. The number of fused-ring (bicyclic) bond motifs is 1. The molecular weight excluding hydrogens is 342 g/mol. The maximum Gasteiger partial charge on any atom is 0.308 e. The van der Waals surface area contributed by atoms with Gasteiger partial charge in [0.15, 0.2) is 0 Å². The highest BCUT2D eigenvalue weighted by Gasteiger charge is 2.20. The first kappa shape index (κ1) is 18.6. The second-order valence-corrected chi connectivity index (χ2v) is 6.63. The van der Waals surface area contributed by atoms with Crippen molar-refractivity contribution in [2.75, 3.05) is 6.54 Å². The van der Waals surface area contributed by atoms with E-state index >= 15 is 0 Å². The van der Waals surface area contributed by atoms with Gasteiger partial charge in [0.05, 0.1) is 5.92 Å². The minimum absolute atomic E-state index is 0.114. The van der Waals surface area contributed by atoms with E-state index in [0.29, 0.717) is 19.3 Å². The van der Waals surface area contributed by atoms with Gasteiger partial charge in [0.25, 0.3) is 0 Å². The van der Waals surface area contributed by atoms with Crippen LogP contribution in [0, 0.1) is 5.92 Å². The highest BCUT2D eigenvalue weighted by atomic mass is 16.4. The predicted octanol–water partition coefficient (Wildman–Crippen LogP) is 2.57. The van der Waals surface area contributed by atoms with Gasteiger partial charge in [-0.2, -0.15) is 5.10 Å². The zero-order chi connectivity index (χ0) is 19.2. The van der Waals surface area contributed by atoms with Gasteiger partial charge >= 0.3 is 5.97 Å². The van der Waals surface area contributed by atoms with E-state index in [2.05, 4.69) is 10.4 Å².